The zero-order valence-electron chi connectivity index (χ0n) is 11.8. The highest BCUT2D eigenvalue weighted by Crippen LogP contribution is 2.09. The van der Waals surface area contributed by atoms with Gasteiger partial charge in [0, 0.05) is 5.56 Å². The Morgan fingerprint density at radius 3 is 1.95 bits per heavy atom. The lowest BCUT2D eigenvalue weighted by molar-refractivity contribution is 0.143. The fourth-order valence-corrected chi connectivity index (χ4v) is 1.66. The van der Waals surface area contributed by atoms with Crippen molar-refractivity contribution in [1.82, 2.24) is 0 Å². The Hall–Kier alpha value is -2.30. The monoisotopic (exact) mass is 262 g/mol. The molecule has 0 atom stereocenters. The molecule has 0 aliphatic carbocycles. The molecular weight excluding hydrogens is 244 g/mol. The fraction of sp³-hybridized carbons (Fsp3) is 0.158. The van der Waals surface area contributed by atoms with Crippen molar-refractivity contribution in [3.63, 3.8) is 0 Å². The maximum Gasteiger partial charge on any atom is 0.120 e. The molecule has 0 saturated carbocycles. The summed E-state index contributed by atoms with van der Waals surface area (Å²) >= 11 is 0. The summed E-state index contributed by atoms with van der Waals surface area (Å²) in [5.74, 6) is 5.76. The first-order valence-electron chi connectivity index (χ1n) is 6.62. The van der Waals surface area contributed by atoms with Crippen LogP contribution in [-0.2, 0) is 0 Å². The molecule has 0 aromatic heterocycles. The fourth-order valence-electron chi connectivity index (χ4n) is 1.66. The van der Waals surface area contributed by atoms with E-state index in [2.05, 4.69) is 36.1 Å². The number of hydrogen-bond donors (Lipinski definition) is 1. The second-order valence-corrected chi connectivity index (χ2v) is 5.18. The van der Waals surface area contributed by atoms with Gasteiger partial charge in [0.1, 0.15) is 5.60 Å². The molecule has 2 aromatic carbocycles. The highest BCUT2D eigenvalue weighted by Gasteiger charge is 2.05. The van der Waals surface area contributed by atoms with Gasteiger partial charge in [-0.2, -0.15) is 0 Å². The molecule has 0 amide bonds. The van der Waals surface area contributed by atoms with Gasteiger partial charge in [-0.25, -0.2) is 0 Å². The third-order valence-electron chi connectivity index (χ3n) is 2.69. The summed E-state index contributed by atoms with van der Waals surface area (Å²) in [6.07, 6.45) is 4.15. The Balaban J connectivity index is 2.09. The number of hydrogen-bond acceptors (Lipinski definition) is 1. The lowest BCUT2D eigenvalue weighted by atomic mass is 10.1. The van der Waals surface area contributed by atoms with Gasteiger partial charge < -0.3 is 5.11 Å². The largest absolute Gasteiger partial charge is 0.378 e. The van der Waals surface area contributed by atoms with Crippen LogP contribution in [-0.4, -0.2) is 10.7 Å². The van der Waals surface area contributed by atoms with Crippen LogP contribution in [0.2, 0.25) is 0 Å². The lowest BCUT2D eigenvalue weighted by Gasteiger charge is -2.05. The van der Waals surface area contributed by atoms with E-state index in [0.717, 1.165) is 11.1 Å². The van der Waals surface area contributed by atoms with E-state index in [0.29, 0.717) is 0 Å². The van der Waals surface area contributed by atoms with Crippen LogP contribution in [0.15, 0.2) is 54.6 Å². The molecule has 0 unspecified atom stereocenters. The minimum Gasteiger partial charge on any atom is -0.378 e. The van der Waals surface area contributed by atoms with Gasteiger partial charge in [-0.1, -0.05) is 66.5 Å². The van der Waals surface area contributed by atoms with Crippen LogP contribution < -0.4 is 0 Å². The summed E-state index contributed by atoms with van der Waals surface area (Å²) < 4.78 is 0. The van der Waals surface area contributed by atoms with E-state index in [-0.39, 0.29) is 0 Å². The van der Waals surface area contributed by atoms with Crippen LogP contribution >= 0.6 is 0 Å². The van der Waals surface area contributed by atoms with Crippen LogP contribution in [0.5, 0.6) is 0 Å². The molecule has 0 fully saturated rings. The summed E-state index contributed by atoms with van der Waals surface area (Å²) in [5.41, 5.74) is 2.26. The topological polar surface area (TPSA) is 20.2 Å². The van der Waals surface area contributed by atoms with Crippen molar-refractivity contribution in [3.8, 4) is 11.8 Å². The maximum absolute atomic E-state index is 9.56. The third-order valence-corrected chi connectivity index (χ3v) is 2.69. The Bertz CT molecular complexity index is 632. The van der Waals surface area contributed by atoms with Crippen molar-refractivity contribution in [2.24, 2.45) is 0 Å². The lowest BCUT2D eigenvalue weighted by Crippen LogP contribution is -2.14. The molecule has 1 N–H and O–H groups in total. The summed E-state index contributed by atoms with van der Waals surface area (Å²) in [4.78, 5) is 0. The van der Waals surface area contributed by atoms with Crippen molar-refractivity contribution in [3.05, 3.63) is 71.3 Å². The molecule has 1 heteroatoms. The van der Waals surface area contributed by atoms with Gasteiger partial charge in [0.15, 0.2) is 0 Å². The third kappa shape index (κ3) is 4.76. The first-order valence-corrected chi connectivity index (χ1v) is 6.62. The molecule has 0 aliphatic rings. The predicted molar refractivity (Wildman–Crippen MR) is 85.0 cm³/mol. The van der Waals surface area contributed by atoms with E-state index in [4.69, 9.17) is 0 Å². The van der Waals surface area contributed by atoms with E-state index in [1.807, 2.05) is 42.5 Å². The molecule has 20 heavy (non-hydrogen) atoms. The second kappa shape index (κ2) is 6.23. The molecule has 0 bridgehead atoms. The molecule has 0 saturated heterocycles. The van der Waals surface area contributed by atoms with Gasteiger partial charge in [-0.3, -0.25) is 0 Å². The Morgan fingerprint density at radius 2 is 1.40 bits per heavy atom. The first-order chi connectivity index (χ1) is 9.53. The quantitative estimate of drug-likeness (QED) is 0.641. The first kappa shape index (κ1) is 14.1. The summed E-state index contributed by atoms with van der Waals surface area (Å²) in [6, 6.07) is 18.2. The van der Waals surface area contributed by atoms with Crippen molar-refractivity contribution < 1.29 is 5.11 Å². The predicted octanol–water partition coefficient (Wildman–Crippen LogP) is 3.98. The van der Waals surface area contributed by atoms with Gasteiger partial charge in [-0.05, 0) is 37.1 Å². The summed E-state index contributed by atoms with van der Waals surface area (Å²) in [5, 5.41) is 9.56. The standard InChI is InChI=1S/C19H18O/c1-19(2,20)15-14-18-12-10-17(11-13-18)9-8-16-6-4-3-5-7-16/h3-13,20H,1-2H3/b9-8+. The molecular formula is C19H18O. The van der Waals surface area contributed by atoms with Crippen LogP contribution in [0.3, 0.4) is 0 Å². The van der Waals surface area contributed by atoms with Crippen LogP contribution in [0.25, 0.3) is 12.2 Å². The summed E-state index contributed by atoms with van der Waals surface area (Å²) in [7, 11) is 0. The highest BCUT2D eigenvalue weighted by atomic mass is 16.3. The molecule has 2 aromatic rings. The molecule has 0 heterocycles. The van der Waals surface area contributed by atoms with Crippen LogP contribution in [0.1, 0.15) is 30.5 Å². The SMILES string of the molecule is CC(C)(O)C#Cc1ccc(/C=C/c2ccccc2)cc1. The van der Waals surface area contributed by atoms with Crippen molar-refractivity contribution in [1.29, 1.82) is 0 Å². The van der Waals surface area contributed by atoms with E-state index < -0.39 is 5.60 Å². The molecule has 2 rings (SSSR count). The van der Waals surface area contributed by atoms with E-state index in [1.165, 1.54) is 5.56 Å². The number of aliphatic hydroxyl groups is 1. The number of rotatable bonds is 2. The van der Waals surface area contributed by atoms with E-state index in [1.54, 1.807) is 13.8 Å². The normalized spacial score (nSPS) is 11.2. The van der Waals surface area contributed by atoms with Crippen molar-refractivity contribution in [2.45, 2.75) is 19.4 Å². The Labute approximate surface area is 120 Å². The number of benzene rings is 2. The maximum atomic E-state index is 9.56. The van der Waals surface area contributed by atoms with Gasteiger partial charge in [-0.15, -0.1) is 0 Å². The average Bonchev–Trinajstić information content (AvgIpc) is 2.44. The Morgan fingerprint density at radius 1 is 0.850 bits per heavy atom. The zero-order valence-corrected chi connectivity index (χ0v) is 11.8. The van der Waals surface area contributed by atoms with Crippen molar-refractivity contribution in [2.75, 3.05) is 0 Å². The van der Waals surface area contributed by atoms with Gasteiger partial charge in [0.25, 0.3) is 0 Å². The Kier molecular flexibility index (Phi) is 4.40. The second-order valence-electron chi connectivity index (χ2n) is 5.18. The summed E-state index contributed by atoms with van der Waals surface area (Å²) in [6.45, 7) is 3.36. The zero-order chi connectivity index (χ0) is 14.4. The highest BCUT2D eigenvalue weighted by molar-refractivity contribution is 5.69. The molecule has 0 radical (unpaired) electrons. The smallest absolute Gasteiger partial charge is 0.120 e. The van der Waals surface area contributed by atoms with E-state index in [9.17, 15) is 5.11 Å². The van der Waals surface area contributed by atoms with E-state index >= 15 is 0 Å². The average molecular weight is 262 g/mol. The van der Waals surface area contributed by atoms with Gasteiger partial charge in [0.05, 0.1) is 0 Å². The van der Waals surface area contributed by atoms with Gasteiger partial charge in [0.2, 0.25) is 0 Å². The molecule has 100 valence electrons. The minimum atomic E-state index is -0.952. The molecule has 1 nitrogen and oxygen atoms in total. The van der Waals surface area contributed by atoms with Crippen LogP contribution in [0, 0.1) is 11.8 Å². The van der Waals surface area contributed by atoms with Gasteiger partial charge >= 0.3 is 0 Å². The molecule has 0 aliphatic heterocycles. The van der Waals surface area contributed by atoms with Crippen molar-refractivity contribution >= 4 is 12.2 Å². The van der Waals surface area contributed by atoms with Crippen LogP contribution in [0.4, 0.5) is 0 Å². The minimum absolute atomic E-state index is 0.906. The molecule has 0 spiro atoms.